The lowest BCUT2D eigenvalue weighted by Gasteiger charge is -2.35. The summed E-state index contributed by atoms with van der Waals surface area (Å²) < 4.78 is 5.10. The maximum absolute atomic E-state index is 12.1. The molecule has 2 aromatic carbocycles. The molecule has 142 valence electrons. The van der Waals surface area contributed by atoms with Gasteiger partial charge in [0.25, 0.3) is 0 Å². The predicted octanol–water partition coefficient (Wildman–Crippen LogP) is 3.39. The molecule has 0 bridgehead atoms. The molecule has 0 atom stereocenters. The van der Waals surface area contributed by atoms with Crippen LogP contribution in [0.25, 0.3) is 0 Å². The van der Waals surface area contributed by atoms with Crippen LogP contribution in [0, 0.1) is 5.92 Å². The van der Waals surface area contributed by atoms with E-state index >= 15 is 0 Å². The molecule has 0 unspecified atom stereocenters. The van der Waals surface area contributed by atoms with Gasteiger partial charge in [0.05, 0.1) is 0 Å². The molecule has 0 saturated heterocycles. The third-order valence-electron chi connectivity index (χ3n) is 5.00. The highest BCUT2D eigenvalue weighted by atomic mass is 16.5. The maximum Gasteiger partial charge on any atom is 0.341 e. The van der Waals surface area contributed by atoms with Gasteiger partial charge < -0.3 is 15.2 Å². The van der Waals surface area contributed by atoms with Gasteiger partial charge in [0.2, 0.25) is 5.91 Å². The van der Waals surface area contributed by atoms with E-state index in [4.69, 9.17) is 9.84 Å². The molecule has 1 fully saturated rings. The van der Waals surface area contributed by atoms with Crippen molar-refractivity contribution in [2.45, 2.75) is 31.6 Å². The van der Waals surface area contributed by atoms with Gasteiger partial charge in [0, 0.05) is 13.0 Å². The van der Waals surface area contributed by atoms with Crippen molar-refractivity contribution < 1.29 is 19.4 Å². The lowest BCUT2D eigenvalue weighted by molar-refractivity contribution is -0.139. The van der Waals surface area contributed by atoms with Crippen LogP contribution in [0.1, 0.15) is 36.3 Å². The third kappa shape index (κ3) is 5.84. The van der Waals surface area contributed by atoms with Crippen molar-refractivity contribution in [3.63, 3.8) is 0 Å². The second-order valence-corrected chi connectivity index (χ2v) is 7.08. The summed E-state index contributed by atoms with van der Waals surface area (Å²) in [5.41, 5.74) is 2.45. The number of carbonyl (C=O) groups excluding carboxylic acids is 1. The molecule has 0 spiro atoms. The first-order chi connectivity index (χ1) is 13.1. The third-order valence-corrected chi connectivity index (χ3v) is 5.00. The molecular formula is C22H25NO4. The van der Waals surface area contributed by atoms with E-state index in [1.165, 1.54) is 5.56 Å². The van der Waals surface area contributed by atoms with Gasteiger partial charge in [-0.3, -0.25) is 4.79 Å². The van der Waals surface area contributed by atoms with E-state index < -0.39 is 5.97 Å². The van der Waals surface area contributed by atoms with Gasteiger partial charge in [-0.05, 0) is 54.4 Å². The summed E-state index contributed by atoms with van der Waals surface area (Å²) in [5, 5.41) is 11.6. The number of hydrogen-bond donors (Lipinski definition) is 2. The van der Waals surface area contributed by atoms with E-state index in [0.717, 1.165) is 24.8 Å². The second kappa shape index (κ2) is 9.21. The molecule has 1 aliphatic rings. The molecule has 1 aliphatic carbocycles. The van der Waals surface area contributed by atoms with Gasteiger partial charge in [-0.15, -0.1) is 0 Å². The van der Waals surface area contributed by atoms with E-state index in [1.807, 2.05) is 18.2 Å². The summed E-state index contributed by atoms with van der Waals surface area (Å²) in [4.78, 5) is 22.6. The average molecular weight is 367 g/mol. The number of nitrogens with one attached hydrogen (secondary N) is 1. The van der Waals surface area contributed by atoms with E-state index in [2.05, 4.69) is 29.6 Å². The smallest absolute Gasteiger partial charge is 0.341 e. The summed E-state index contributed by atoms with van der Waals surface area (Å²) in [6.45, 7) is 0.255. The molecular weight excluding hydrogens is 342 g/mol. The highest BCUT2D eigenvalue weighted by Crippen LogP contribution is 2.43. The van der Waals surface area contributed by atoms with Gasteiger partial charge in [-0.25, -0.2) is 4.79 Å². The van der Waals surface area contributed by atoms with Gasteiger partial charge in [-0.2, -0.15) is 0 Å². The molecule has 0 aliphatic heterocycles. The minimum absolute atomic E-state index is 0.118. The summed E-state index contributed by atoms with van der Waals surface area (Å²) in [7, 11) is 0. The van der Waals surface area contributed by atoms with E-state index in [1.54, 1.807) is 12.1 Å². The van der Waals surface area contributed by atoms with Gasteiger partial charge in [0.15, 0.2) is 6.61 Å². The number of benzene rings is 2. The largest absolute Gasteiger partial charge is 0.482 e. The van der Waals surface area contributed by atoms with Crippen molar-refractivity contribution in [1.29, 1.82) is 0 Å². The molecule has 2 N–H and O–H groups in total. The van der Waals surface area contributed by atoms with E-state index in [9.17, 15) is 9.59 Å². The SMILES string of the molecule is O=C(O)COc1ccc(CCNC(=O)CC2CC(c3ccccc3)C2)cc1. The summed E-state index contributed by atoms with van der Waals surface area (Å²) in [6, 6.07) is 17.8. The van der Waals surface area contributed by atoms with Crippen molar-refractivity contribution >= 4 is 11.9 Å². The van der Waals surface area contributed by atoms with Crippen molar-refractivity contribution in [3.05, 3.63) is 65.7 Å². The zero-order chi connectivity index (χ0) is 19.1. The molecule has 2 aromatic rings. The number of aliphatic carboxylic acids is 1. The fourth-order valence-corrected chi connectivity index (χ4v) is 3.48. The standard InChI is InChI=1S/C22H25NO4/c24-21(14-17-12-19(13-17)18-4-2-1-3-5-18)23-11-10-16-6-8-20(9-7-16)27-15-22(25)26/h1-9,17,19H,10-15H2,(H,23,24)(H,25,26). The molecule has 0 aromatic heterocycles. The number of amides is 1. The Morgan fingerprint density at radius 3 is 2.41 bits per heavy atom. The Balaban J connectivity index is 1.31. The fraction of sp³-hybridized carbons (Fsp3) is 0.364. The van der Waals surface area contributed by atoms with Crippen LogP contribution in [-0.4, -0.2) is 30.1 Å². The monoisotopic (exact) mass is 367 g/mol. The second-order valence-electron chi connectivity index (χ2n) is 7.08. The Bertz CT molecular complexity index is 752. The Kier molecular flexibility index (Phi) is 6.47. The highest BCUT2D eigenvalue weighted by Gasteiger charge is 2.31. The van der Waals surface area contributed by atoms with E-state index in [-0.39, 0.29) is 12.5 Å². The average Bonchev–Trinajstić information content (AvgIpc) is 2.64. The minimum Gasteiger partial charge on any atom is -0.482 e. The molecule has 5 heteroatoms. The summed E-state index contributed by atoms with van der Waals surface area (Å²) in [5.74, 6) is 0.742. The Morgan fingerprint density at radius 1 is 1.04 bits per heavy atom. The van der Waals surface area contributed by atoms with Crippen LogP contribution in [0.2, 0.25) is 0 Å². The van der Waals surface area contributed by atoms with Crippen molar-refractivity contribution in [2.75, 3.05) is 13.2 Å². The number of ether oxygens (including phenoxy) is 1. The first-order valence-electron chi connectivity index (χ1n) is 9.35. The minimum atomic E-state index is -0.997. The van der Waals surface area contributed by atoms with Crippen LogP contribution >= 0.6 is 0 Å². The lowest BCUT2D eigenvalue weighted by Crippen LogP contribution is -2.31. The molecule has 0 radical (unpaired) electrons. The van der Waals surface area contributed by atoms with Gasteiger partial charge in [-0.1, -0.05) is 42.5 Å². The van der Waals surface area contributed by atoms with Crippen LogP contribution < -0.4 is 10.1 Å². The molecule has 5 nitrogen and oxygen atoms in total. The van der Waals surface area contributed by atoms with Crippen molar-refractivity contribution in [1.82, 2.24) is 5.32 Å². The molecule has 0 heterocycles. The summed E-state index contributed by atoms with van der Waals surface area (Å²) >= 11 is 0. The number of carboxylic acids is 1. The Hall–Kier alpha value is -2.82. The first kappa shape index (κ1) is 19.0. The highest BCUT2D eigenvalue weighted by molar-refractivity contribution is 5.76. The number of carboxylic acid groups (broad SMARTS) is 1. The maximum atomic E-state index is 12.1. The quantitative estimate of drug-likeness (QED) is 0.712. The molecule has 27 heavy (non-hydrogen) atoms. The van der Waals surface area contributed by atoms with Crippen LogP contribution in [0.15, 0.2) is 54.6 Å². The van der Waals surface area contributed by atoms with Gasteiger partial charge >= 0.3 is 5.97 Å². The Morgan fingerprint density at radius 2 is 1.74 bits per heavy atom. The van der Waals surface area contributed by atoms with E-state index in [0.29, 0.717) is 30.6 Å². The predicted molar refractivity (Wildman–Crippen MR) is 103 cm³/mol. The van der Waals surface area contributed by atoms with Crippen LogP contribution in [0.3, 0.4) is 0 Å². The zero-order valence-electron chi connectivity index (χ0n) is 15.3. The normalized spacial score (nSPS) is 18.4. The zero-order valence-corrected chi connectivity index (χ0v) is 15.3. The van der Waals surface area contributed by atoms with Crippen molar-refractivity contribution in [3.8, 4) is 5.75 Å². The topological polar surface area (TPSA) is 75.6 Å². The van der Waals surface area contributed by atoms with Crippen molar-refractivity contribution in [2.24, 2.45) is 5.92 Å². The molecule has 1 amide bonds. The lowest BCUT2D eigenvalue weighted by atomic mass is 9.70. The number of rotatable bonds is 9. The Labute approximate surface area is 159 Å². The fourth-order valence-electron chi connectivity index (χ4n) is 3.48. The van der Waals surface area contributed by atoms with Crippen LogP contribution in [-0.2, 0) is 16.0 Å². The summed E-state index contributed by atoms with van der Waals surface area (Å²) in [6.07, 6.45) is 3.53. The first-order valence-corrected chi connectivity index (χ1v) is 9.35. The number of hydrogen-bond acceptors (Lipinski definition) is 3. The number of carbonyl (C=O) groups is 2. The van der Waals surface area contributed by atoms with Gasteiger partial charge in [0.1, 0.15) is 5.75 Å². The van der Waals surface area contributed by atoms with Crippen LogP contribution in [0.5, 0.6) is 5.75 Å². The molecule has 3 rings (SSSR count). The van der Waals surface area contributed by atoms with Crippen LogP contribution in [0.4, 0.5) is 0 Å². The molecule has 1 saturated carbocycles.